The van der Waals surface area contributed by atoms with E-state index in [1.54, 1.807) is 0 Å². The van der Waals surface area contributed by atoms with Gasteiger partial charge >= 0.3 is 0 Å². The predicted octanol–water partition coefficient (Wildman–Crippen LogP) is -1.72. The number of amides is 1. The van der Waals surface area contributed by atoms with Crippen LogP contribution in [0.25, 0.3) is 0 Å². The molecule has 1 fully saturated rings. The first kappa shape index (κ1) is 9.47. The van der Waals surface area contributed by atoms with E-state index in [2.05, 4.69) is 5.32 Å². The molecule has 0 aromatic heterocycles. The van der Waals surface area contributed by atoms with Crippen molar-refractivity contribution < 1.29 is 18.3 Å². The standard InChI is InChI=1S/C6H11NO4S/c1-4(8)7-5-2-12(10,11)3-6(5)9/h5-6,9H,2-3H2,1H3,(H,7,8)/t5-,6+/m1/s1. The number of rotatable bonds is 1. The molecule has 0 unspecified atom stereocenters. The molecule has 0 bridgehead atoms. The zero-order valence-electron chi connectivity index (χ0n) is 6.65. The lowest BCUT2D eigenvalue weighted by atomic mass is 10.2. The van der Waals surface area contributed by atoms with Crippen LogP contribution >= 0.6 is 0 Å². The van der Waals surface area contributed by atoms with Gasteiger partial charge in [-0.25, -0.2) is 8.42 Å². The zero-order chi connectivity index (χ0) is 9.35. The van der Waals surface area contributed by atoms with E-state index >= 15 is 0 Å². The molecular formula is C6H11NO4S. The van der Waals surface area contributed by atoms with Crippen molar-refractivity contribution in [2.75, 3.05) is 11.5 Å². The van der Waals surface area contributed by atoms with Crippen LogP contribution < -0.4 is 5.32 Å². The van der Waals surface area contributed by atoms with E-state index in [-0.39, 0.29) is 17.4 Å². The molecule has 0 aromatic carbocycles. The average molecular weight is 193 g/mol. The molecule has 2 N–H and O–H groups in total. The molecule has 0 aliphatic carbocycles. The highest BCUT2D eigenvalue weighted by Crippen LogP contribution is 2.11. The average Bonchev–Trinajstić information content (AvgIpc) is 2.03. The highest BCUT2D eigenvalue weighted by Gasteiger charge is 2.36. The molecule has 1 heterocycles. The maximum absolute atomic E-state index is 10.9. The summed E-state index contributed by atoms with van der Waals surface area (Å²) in [5.41, 5.74) is 0. The minimum atomic E-state index is -3.16. The Morgan fingerprint density at radius 3 is 2.42 bits per heavy atom. The number of hydrogen-bond acceptors (Lipinski definition) is 4. The molecule has 0 radical (unpaired) electrons. The Labute approximate surface area is 70.7 Å². The van der Waals surface area contributed by atoms with Crippen molar-refractivity contribution in [3.63, 3.8) is 0 Å². The summed E-state index contributed by atoms with van der Waals surface area (Å²) in [5, 5.41) is 11.6. The molecule has 12 heavy (non-hydrogen) atoms. The fraction of sp³-hybridized carbons (Fsp3) is 0.833. The summed E-state index contributed by atoms with van der Waals surface area (Å²) in [4.78, 5) is 10.5. The first-order valence-electron chi connectivity index (χ1n) is 3.56. The minimum Gasteiger partial charge on any atom is -0.390 e. The molecule has 70 valence electrons. The lowest BCUT2D eigenvalue weighted by Gasteiger charge is -2.12. The fourth-order valence-electron chi connectivity index (χ4n) is 1.23. The maximum Gasteiger partial charge on any atom is 0.217 e. The van der Waals surface area contributed by atoms with Crippen LogP contribution in [0, 0.1) is 0 Å². The molecule has 0 saturated carbocycles. The van der Waals surface area contributed by atoms with Crippen molar-refractivity contribution in [3.05, 3.63) is 0 Å². The van der Waals surface area contributed by atoms with Crippen LogP contribution in [0.3, 0.4) is 0 Å². The molecule has 2 atom stereocenters. The summed E-state index contributed by atoms with van der Waals surface area (Å²) in [6.45, 7) is 1.29. The highest BCUT2D eigenvalue weighted by atomic mass is 32.2. The van der Waals surface area contributed by atoms with Crippen molar-refractivity contribution >= 4 is 15.7 Å². The summed E-state index contributed by atoms with van der Waals surface area (Å²) >= 11 is 0. The zero-order valence-corrected chi connectivity index (χ0v) is 7.47. The topological polar surface area (TPSA) is 83.5 Å². The molecule has 0 aromatic rings. The van der Waals surface area contributed by atoms with Crippen molar-refractivity contribution in [1.82, 2.24) is 5.32 Å². The van der Waals surface area contributed by atoms with Crippen LogP contribution in [-0.2, 0) is 14.6 Å². The molecule has 5 nitrogen and oxygen atoms in total. The third-order valence-electron chi connectivity index (χ3n) is 1.71. The fourth-order valence-corrected chi connectivity index (χ4v) is 2.97. The summed E-state index contributed by atoms with van der Waals surface area (Å²) in [5.74, 6) is -0.734. The molecule has 1 rings (SSSR count). The van der Waals surface area contributed by atoms with Gasteiger partial charge in [0.2, 0.25) is 5.91 Å². The number of nitrogens with one attached hydrogen (secondary N) is 1. The molecule has 1 aliphatic rings. The van der Waals surface area contributed by atoms with Crippen molar-refractivity contribution in [2.24, 2.45) is 0 Å². The predicted molar refractivity (Wildman–Crippen MR) is 42.3 cm³/mol. The minimum absolute atomic E-state index is 0.159. The van der Waals surface area contributed by atoms with Crippen LogP contribution in [0.5, 0.6) is 0 Å². The van der Waals surface area contributed by atoms with E-state index in [4.69, 9.17) is 0 Å². The van der Waals surface area contributed by atoms with Crippen molar-refractivity contribution in [3.8, 4) is 0 Å². The van der Waals surface area contributed by atoms with E-state index in [9.17, 15) is 18.3 Å². The van der Waals surface area contributed by atoms with Crippen LogP contribution in [0.1, 0.15) is 6.92 Å². The first-order chi connectivity index (χ1) is 5.41. The summed E-state index contributed by atoms with van der Waals surface area (Å²) in [7, 11) is -3.16. The largest absolute Gasteiger partial charge is 0.390 e. The van der Waals surface area contributed by atoms with Gasteiger partial charge in [-0.1, -0.05) is 0 Å². The number of aliphatic hydroxyl groups is 1. The number of aliphatic hydroxyl groups excluding tert-OH is 1. The van der Waals surface area contributed by atoms with Gasteiger partial charge in [-0.3, -0.25) is 4.79 Å². The number of carbonyl (C=O) groups is 1. The third-order valence-corrected chi connectivity index (χ3v) is 3.43. The van der Waals surface area contributed by atoms with Gasteiger partial charge in [-0.2, -0.15) is 0 Å². The SMILES string of the molecule is CC(=O)N[C@@H]1CS(=O)(=O)C[C@@H]1O. The Kier molecular flexibility index (Phi) is 2.39. The van der Waals surface area contributed by atoms with Gasteiger partial charge in [-0.05, 0) is 0 Å². The van der Waals surface area contributed by atoms with E-state index < -0.39 is 22.0 Å². The molecule has 0 spiro atoms. The van der Waals surface area contributed by atoms with Gasteiger partial charge < -0.3 is 10.4 Å². The van der Waals surface area contributed by atoms with E-state index in [1.165, 1.54) is 6.92 Å². The lowest BCUT2D eigenvalue weighted by molar-refractivity contribution is -0.120. The second kappa shape index (κ2) is 3.02. The Morgan fingerprint density at radius 1 is 1.50 bits per heavy atom. The second-order valence-electron chi connectivity index (χ2n) is 2.95. The summed E-state index contributed by atoms with van der Waals surface area (Å²) in [6.07, 6.45) is -0.959. The monoisotopic (exact) mass is 193 g/mol. The molecule has 1 saturated heterocycles. The molecule has 6 heteroatoms. The van der Waals surface area contributed by atoms with Crippen LogP contribution in [0.15, 0.2) is 0 Å². The van der Waals surface area contributed by atoms with E-state index in [1.807, 2.05) is 0 Å². The Hall–Kier alpha value is -0.620. The Morgan fingerprint density at radius 2 is 2.08 bits per heavy atom. The number of carbonyl (C=O) groups excluding carboxylic acids is 1. The van der Waals surface area contributed by atoms with Gasteiger partial charge in [0, 0.05) is 6.92 Å². The highest BCUT2D eigenvalue weighted by molar-refractivity contribution is 7.91. The smallest absolute Gasteiger partial charge is 0.217 e. The van der Waals surface area contributed by atoms with Gasteiger partial charge in [0.25, 0.3) is 0 Å². The number of hydrogen-bond donors (Lipinski definition) is 2. The molecular weight excluding hydrogens is 182 g/mol. The second-order valence-corrected chi connectivity index (χ2v) is 5.11. The van der Waals surface area contributed by atoms with Crippen molar-refractivity contribution in [1.29, 1.82) is 0 Å². The van der Waals surface area contributed by atoms with Crippen LogP contribution in [0.4, 0.5) is 0 Å². The van der Waals surface area contributed by atoms with E-state index in [0.29, 0.717) is 0 Å². The Balaban J connectivity index is 2.64. The third kappa shape index (κ3) is 2.18. The first-order valence-corrected chi connectivity index (χ1v) is 5.38. The van der Waals surface area contributed by atoms with Crippen molar-refractivity contribution in [2.45, 2.75) is 19.1 Å². The number of sulfone groups is 1. The normalized spacial score (nSPS) is 33.2. The van der Waals surface area contributed by atoms with E-state index in [0.717, 1.165) is 0 Å². The lowest BCUT2D eigenvalue weighted by Crippen LogP contribution is -2.41. The summed E-state index contributed by atoms with van der Waals surface area (Å²) < 4.78 is 21.8. The molecule has 1 aliphatic heterocycles. The summed E-state index contributed by atoms with van der Waals surface area (Å²) in [6, 6.07) is -0.632. The maximum atomic E-state index is 10.9. The van der Waals surface area contributed by atoms with Gasteiger partial charge in [0.1, 0.15) is 0 Å². The molecule has 1 amide bonds. The van der Waals surface area contributed by atoms with Gasteiger partial charge in [0.05, 0.1) is 23.7 Å². The van der Waals surface area contributed by atoms with Gasteiger partial charge in [0.15, 0.2) is 9.84 Å². The van der Waals surface area contributed by atoms with Crippen LogP contribution in [0.2, 0.25) is 0 Å². The quantitative estimate of drug-likeness (QED) is 0.519. The van der Waals surface area contributed by atoms with Crippen LogP contribution in [-0.4, -0.2) is 43.1 Å². The Bertz CT molecular complexity index is 284. The van der Waals surface area contributed by atoms with Gasteiger partial charge in [-0.15, -0.1) is 0 Å².